The molecule has 0 bridgehead atoms. The third kappa shape index (κ3) is 2.89. The minimum atomic E-state index is 0.434. The zero-order valence-electron chi connectivity index (χ0n) is 14.3. The molecule has 3 aromatic carbocycles. The summed E-state index contributed by atoms with van der Waals surface area (Å²) in [5.74, 6) is 0.434. The number of benzene rings is 3. The Balaban J connectivity index is 1.66. The number of aryl methyl sites for hydroxylation is 1. The molecule has 0 nitrogen and oxygen atoms in total. The number of rotatable bonds is 3. The highest BCUT2D eigenvalue weighted by atomic mass is 32.2. The van der Waals surface area contributed by atoms with Gasteiger partial charge in [-0.2, -0.15) is 0 Å². The molecule has 0 saturated carbocycles. The molecule has 0 saturated heterocycles. The van der Waals surface area contributed by atoms with Crippen molar-refractivity contribution >= 4 is 11.8 Å². The molecule has 1 unspecified atom stereocenters. The van der Waals surface area contributed by atoms with Crippen LogP contribution in [0.1, 0.15) is 47.6 Å². The lowest BCUT2D eigenvalue weighted by Gasteiger charge is -2.21. The minimum absolute atomic E-state index is 0.434. The van der Waals surface area contributed by atoms with Gasteiger partial charge < -0.3 is 0 Å². The highest BCUT2D eigenvalue weighted by molar-refractivity contribution is 7.99. The van der Waals surface area contributed by atoms with E-state index in [4.69, 9.17) is 0 Å². The van der Waals surface area contributed by atoms with Crippen LogP contribution in [0.4, 0.5) is 0 Å². The molecule has 1 aliphatic rings. The first-order valence-corrected chi connectivity index (χ1v) is 9.53. The molecule has 4 rings (SSSR count). The van der Waals surface area contributed by atoms with E-state index in [-0.39, 0.29) is 0 Å². The van der Waals surface area contributed by atoms with E-state index in [2.05, 4.69) is 80.6 Å². The topological polar surface area (TPSA) is 0 Å². The molecule has 0 N–H and O–H groups in total. The fraction of sp³-hybridized carbons (Fsp3) is 0.217. The van der Waals surface area contributed by atoms with Crippen LogP contribution >= 0.6 is 11.8 Å². The summed E-state index contributed by atoms with van der Waals surface area (Å²) in [7, 11) is 0. The molecule has 1 heterocycles. The lowest BCUT2D eigenvalue weighted by molar-refractivity contribution is 0.903. The largest absolute Gasteiger partial charge is 0.0895 e. The van der Waals surface area contributed by atoms with Gasteiger partial charge in [0.05, 0.1) is 0 Å². The Morgan fingerprint density at radius 2 is 1.62 bits per heavy atom. The summed E-state index contributed by atoms with van der Waals surface area (Å²) in [4.78, 5) is 2.81. The Hall–Kier alpha value is -1.99. The van der Waals surface area contributed by atoms with Crippen molar-refractivity contribution in [2.75, 3.05) is 0 Å². The Morgan fingerprint density at radius 1 is 0.833 bits per heavy atom. The molecule has 1 aliphatic heterocycles. The number of fused-ring (bicyclic) bond motifs is 2. The Morgan fingerprint density at radius 3 is 2.50 bits per heavy atom. The van der Waals surface area contributed by atoms with Gasteiger partial charge in [-0.15, -0.1) is 0 Å². The van der Waals surface area contributed by atoms with E-state index in [0.29, 0.717) is 5.92 Å². The van der Waals surface area contributed by atoms with Crippen molar-refractivity contribution in [2.24, 2.45) is 0 Å². The molecule has 0 aliphatic carbocycles. The zero-order valence-corrected chi connectivity index (χ0v) is 15.1. The van der Waals surface area contributed by atoms with E-state index >= 15 is 0 Å². The molecule has 3 aromatic rings. The normalized spacial score (nSPS) is 13.9. The summed E-state index contributed by atoms with van der Waals surface area (Å²) < 4.78 is 0. The first-order chi connectivity index (χ1) is 11.7. The summed E-state index contributed by atoms with van der Waals surface area (Å²) in [5, 5.41) is 0. The average Bonchev–Trinajstić information content (AvgIpc) is 2.65. The van der Waals surface area contributed by atoms with Crippen LogP contribution in [-0.4, -0.2) is 0 Å². The van der Waals surface area contributed by atoms with E-state index in [9.17, 15) is 0 Å². The van der Waals surface area contributed by atoms with E-state index in [1.54, 1.807) is 0 Å². The minimum Gasteiger partial charge on any atom is -0.0895 e. The molecular formula is C23H22S. The monoisotopic (exact) mass is 330 g/mol. The highest BCUT2D eigenvalue weighted by Crippen LogP contribution is 2.40. The van der Waals surface area contributed by atoms with Gasteiger partial charge in [-0.1, -0.05) is 80.2 Å². The zero-order chi connectivity index (χ0) is 16.5. The van der Waals surface area contributed by atoms with Gasteiger partial charge >= 0.3 is 0 Å². The first kappa shape index (κ1) is 15.5. The van der Waals surface area contributed by atoms with Crippen LogP contribution < -0.4 is 0 Å². The molecule has 120 valence electrons. The van der Waals surface area contributed by atoms with Crippen molar-refractivity contribution in [3.63, 3.8) is 0 Å². The van der Waals surface area contributed by atoms with Crippen LogP contribution in [0, 0.1) is 0 Å². The molecule has 0 spiro atoms. The lowest BCUT2D eigenvalue weighted by Crippen LogP contribution is -2.03. The lowest BCUT2D eigenvalue weighted by atomic mass is 9.90. The van der Waals surface area contributed by atoms with Crippen LogP contribution in [0.5, 0.6) is 0 Å². The van der Waals surface area contributed by atoms with Crippen LogP contribution in [0.15, 0.2) is 76.5 Å². The maximum atomic E-state index is 2.42. The SMILES string of the molecule is CCc1cccc(C(C)c2ccc3c(c2)Cc2ccccc2S3)c1. The van der Waals surface area contributed by atoms with E-state index in [0.717, 1.165) is 12.8 Å². The maximum absolute atomic E-state index is 2.42. The third-order valence-corrected chi connectivity index (χ3v) is 6.25. The Kier molecular flexibility index (Phi) is 4.20. The summed E-state index contributed by atoms with van der Waals surface area (Å²) in [6, 6.07) is 24.8. The molecule has 0 aromatic heterocycles. The van der Waals surface area contributed by atoms with Crippen LogP contribution in [-0.2, 0) is 12.8 Å². The van der Waals surface area contributed by atoms with Crippen LogP contribution in [0.3, 0.4) is 0 Å². The van der Waals surface area contributed by atoms with Gasteiger partial charge in [-0.25, -0.2) is 0 Å². The van der Waals surface area contributed by atoms with E-state index < -0.39 is 0 Å². The van der Waals surface area contributed by atoms with Gasteiger partial charge in [0.15, 0.2) is 0 Å². The van der Waals surface area contributed by atoms with Crippen molar-refractivity contribution in [1.82, 2.24) is 0 Å². The number of hydrogen-bond acceptors (Lipinski definition) is 1. The average molecular weight is 330 g/mol. The van der Waals surface area contributed by atoms with Gasteiger partial charge in [-0.3, -0.25) is 0 Å². The Labute approximate surface area is 148 Å². The quantitative estimate of drug-likeness (QED) is 0.415. The van der Waals surface area contributed by atoms with Gasteiger partial charge in [0.2, 0.25) is 0 Å². The predicted molar refractivity (Wildman–Crippen MR) is 103 cm³/mol. The second-order valence-corrected chi connectivity index (χ2v) is 7.66. The van der Waals surface area contributed by atoms with E-state index in [1.807, 2.05) is 11.8 Å². The molecule has 1 atom stereocenters. The second-order valence-electron chi connectivity index (χ2n) is 6.57. The molecule has 24 heavy (non-hydrogen) atoms. The van der Waals surface area contributed by atoms with Crippen molar-refractivity contribution in [2.45, 2.75) is 42.4 Å². The highest BCUT2D eigenvalue weighted by Gasteiger charge is 2.17. The van der Waals surface area contributed by atoms with E-state index in [1.165, 1.54) is 37.6 Å². The first-order valence-electron chi connectivity index (χ1n) is 8.72. The molecule has 0 fully saturated rings. The fourth-order valence-corrected chi connectivity index (χ4v) is 4.51. The summed E-state index contributed by atoms with van der Waals surface area (Å²) in [5.41, 5.74) is 7.17. The summed E-state index contributed by atoms with van der Waals surface area (Å²) in [6.07, 6.45) is 2.15. The smallest absolute Gasteiger partial charge is 0.0158 e. The van der Waals surface area contributed by atoms with Crippen LogP contribution in [0.25, 0.3) is 0 Å². The van der Waals surface area contributed by atoms with Gasteiger partial charge in [0.25, 0.3) is 0 Å². The second kappa shape index (κ2) is 6.49. The van der Waals surface area contributed by atoms with Crippen LogP contribution in [0.2, 0.25) is 0 Å². The molecule has 1 heteroatoms. The van der Waals surface area contributed by atoms with Crippen molar-refractivity contribution < 1.29 is 0 Å². The van der Waals surface area contributed by atoms with Gasteiger partial charge in [0.1, 0.15) is 0 Å². The molecular weight excluding hydrogens is 308 g/mol. The molecule has 0 amide bonds. The van der Waals surface area contributed by atoms with Gasteiger partial charge in [-0.05, 0) is 52.8 Å². The summed E-state index contributed by atoms with van der Waals surface area (Å²) in [6.45, 7) is 4.54. The standard InChI is InChI=1S/C23H22S/c1-3-17-7-6-9-18(13-17)16(2)19-11-12-23-21(14-19)15-20-8-4-5-10-22(20)24-23/h4-14,16H,3,15H2,1-2H3. The van der Waals surface area contributed by atoms with Crippen molar-refractivity contribution in [3.05, 3.63) is 94.5 Å². The fourth-order valence-electron chi connectivity index (χ4n) is 3.45. The third-order valence-electron chi connectivity index (χ3n) is 5.02. The summed E-state index contributed by atoms with van der Waals surface area (Å²) >= 11 is 1.90. The predicted octanol–water partition coefficient (Wildman–Crippen LogP) is 6.46. The maximum Gasteiger partial charge on any atom is 0.0158 e. The Bertz CT molecular complexity index is 879. The van der Waals surface area contributed by atoms with Crippen molar-refractivity contribution in [3.8, 4) is 0 Å². The van der Waals surface area contributed by atoms with Gasteiger partial charge in [0, 0.05) is 15.7 Å². The molecule has 0 radical (unpaired) electrons. The number of hydrogen-bond donors (Lipinski definition) is 0. The van der Waals surface area contributed by atoms with Crippen molar-refractivity contribution in [1.29, 1.82) is 0 Å².